The molecule has 0 spiro atoms. The minimum atomic E-state index is -0.351. The molecule has 0 aliphatic carbocycles. The van der Waals surface area contributed by atoms with Crippen molar-refractivity contribution in [1.82, 2.24) is 9.72 Å². The maximum absolute atomic E-state index is 14.2. The smallest absolute Gasteiger partial charge is 0.191 e. The van der Waals surface area contributed by atoms with Gasteiger partial charge in [-0.05, 0) is 54.0 Å². The Balaban J connectivity index is 2.41. The minimum Gasteiger partial charge on any atom is -0.354 e. The maximum Gasteiger partial charge on any atom is 0.191 e. The van der Waals surface area contributed by atoms with Crippen LogP contribution in [0.3, 0.4) is 0 Å². The molecule has 0 N–H and O–H groups in total. The van der Waals surface area contributed by atoms with Gasteiger partial charge < -0.3 is 4.52 Å². The van der Waals surface area contributed by atoms with Crippen molar-refractivity contribution in [3.05, 3.63) is 45.9 Å². The first-order valence-corrected chi connectivity index (χ1v) is 6.27. The molecule has 0 saturated carbocycles. The van der Waals surface area contributed by atoms with Gasteiger partial charge in [-0.25, -0.2) is 4.39 Å². The van der Waals surface area contributed by atoms with Crippen LogP contribution in [0.15, 0.2) is 33.3 Å². The van der Waals surface area contributed by atoms with E-state index < -0.39 is 0 Å². The SMILES string of the molecule is Cc1ccc(C)n1-c1noc2ccc(Br)c(F)c12. The molecule has 0 atom stereocenters. The van der Waals surface area contributed by atoms with Gasteiger partial charge in [0.2, 0.25) is 0 Å². The van der Waals surface area contributed by atoms with E-state index in [-0.39, 0.29) is 5.82 Å². The highest BCUT2D eigenvalue weighted by molar-refractivity contribution is 9.10. The quantitative estimate of drug-likeness (QED) is 0.676. The number of benzene rings is 1. The summed E-state index contributed by atoms with van der Waals surface area (Å²) in [4.78, 5) is 0. The van der Waals surface area contributed by atoms with Crippen LogP contribution in [0, 0.1) is 19.7 Å². The van der Waals surface area contributed by atoms with Crippen LogP contribution in [0.5, 0.6) is 0 Å². The standard InChI is InChI=1S/C13H10BrFN2O/c1-7-3-4-8(2)17(7)13-11-10(18-16-13)6-5-9(14)12(11)15/h3-6H,1-2H3. The molecule has 0 bridgehead atoms. The second-order valence-corrected chi connectivity index (χ2v) is 5.05. The van der Waals surface area contributed by atoms with Crippen molar-refractivity contribution in [2.24, 2.45) is 0 Å². The summed E-state index contributed by atoms with van der Waals surface area (Å²) in [7, 11) is 0. The summed E-state index contributed by atoms with van der Waals surface area (Å²) in [6.07, 6.45) is 0. The summed E-state index contributed by atoms with van der Waals surface area (Å²) in [6.45, 7) is 3.90. The van der Waals surface area contributed by atoms with Crippen molar-refractivity contribution in [2.45, 2.75) is 13.8 Å². The second kappa shape index (κ2) is 3.95. The molecule has 0 radical (unpaired) electrons. The molecule has 0 aliphatic rings. The number of fused-ring (bicyclic) bond motifs is 1. The Kier molecular flexibility index (Phi) is 2.52. The van der Waals surface area contributed by atoms with Gasteiger partial charge in [0.15, 0.2) is 17.2 Å². The first kappa shape index (κ1) is 11.5. The largest absolute Gasteiger partial charge is 0.354 e. The molecule has 0 aliphatic heterocycles. The summed E-state index contributed by atoms with van der Waals surface area (Å²) in [5, 5.41) is 4.38. The van der Waals surface area contributed by atoms with Crippen LogP contribution < -0.4 is 0 Å². The second-order valence-electron chi connectivity index (χ2n) is 4.19. The summed E-state index contributed by atoms with van der Waals surface area (Å²) in [6, 6.07) is 7.24. The maximum atomic E-state index is 14.2. The number of aryl methyl sites for hydroxylation is 2. The lowest BCUT2D eigenvalue weighted by molar-refractivity contribution is 0.451. The Labute approximate surface area is 111 Å². The number of rotatable bonds is 1. The van der Waals surface area contributed by atoms with Gasteiger partial charge in [0.25, 0.3) is 0 Å². The van der Waals surface area contributed by atoms with Crippen LogP contribution in [0.2, 0.25) is 0 Å². The van der Waals surface area contributed by atoms with E-state index in [4.69, 9.17) is 4.52 Å². The first-order chi connectivity index (χ1) is 8.59. The fourth-order valence-corrected chi connectivity index (χ4v) is 2.44. The van der Waals surface area contributed by atoms with Crippen LogP contribution >= 0.6 is 15.9 Å². The number of hydrogen-bond acceptors (Lipinski definition) is 2. The fourth-order valence-electron chi connectivity index (χ4n) is 2.11. The van der Waals surface area contributed by atoms with Crippen molar-refractivity contribution < 1.29 is 8.91 Å². The zero-order chi connectivity index (χ0) is 12.9. The molecule has 2 aromatic heterocycles. The molecule has 0 fully saturated rings. The summed E-state index contributed by atoms with van der Waals surface area (Å²) >= 11 is 3.18. The Morgan fingerprint density at radius 3 is 2.50 bits per heavy atom. The molecule has 3 rings (SSSR count). The number of aromatic nitrogens is 2. The molecule has 5 heteroatoms. The Hall–Kier alpha value is -1.62. The van der Waals surface area contributed by atoms with E-state index in [0.29, 0.717) is 21.3 Å². The fraction of sp³-hybridized carbons (Fsp3) is 0.154. The predicted octanol–water partition coefficient (Wildman–Crippen LogP) is 4.14. The third kappa shape index (κ3) is 1.50. The van der Waals surface area contributed by atoms with Gasteiger partial charge in [-0.15, -0.1) is 0 Å². The van der Waals surface area contributed by atoms with E-state index in [1.165, 1.54) is 0 Å². The molecule has 0 amide bonds. The lowest BCUT2D eigenvalue weighted by Crippen LogP contribution is -2.00. The zero-order valence-corrected chi connectivity index (χ0v) is 11.5. The predicted molar refractivity (Wildman–Crippen MR) is 70.5 cm³/mol. The highest BCUT2D eigenvalue weighted by Gasteiger charge is 2.18. The molecular weight excluding hydrogens is 299 g/mol. The number of halogens is 2. The summed E-state index contributed by atoms with van der Waals surface area (Å²) < 4.78 is 21.7. The van der Waals surface area contributed by atoms with Gasteiger partial charge in [0.1, 0.15) is 5.39 Å². The van der Waals surface area contributed by atoms with Crippen LogP contribution in [-0.4, -0.2) is 9.72 Å². The molecule has 3 nitrogen and oxygen atoms in total. The third-order valence-electron chi connectivity index (χ3n) is 2.99. The Bertz CT molecular complexity index is 725. The average Bonchev–Trinajstić information content (AvgIpc) is 2.89. The van der Waals surface area contributed by atoms with E-state index >= 15 is 0 Å². The van der Waals surface area contributed by atoms with Gasteiger partial charge in [0.05, 0.1) is 4.47 Å². The van der Waals surface area contributed by atoms with E-state index in [1.54, 1.807) is 12.1 Å². The van der Waals surface area contributed by atoms with E-state index in [1.807, 2.05) is 30.5 Å². The van der Waals surface area contributed by atoms with Crippen molar-refractivity contribution in [3.63, 3.8) is 0 Å². The van der Waals surface area contributed by atoms with Crippen LogP contribution in [0.4, 0.5) is 4.39 Å². The van der Waals surface area contributed by atoms with Crippen LogP contribution in [0.1, 0.15) is 11.4 Å². The highest BCUT2D eigenvalue weighted by Crippen LogP contribution is 2.30. The zero-order valence-electron chi connectivity index (χ0n) is 9.87. The average molecular weight is 309 g/mol. The molecule has 18 heavy (non-hydrogen) atoms. The molecule has 92 valence electrons. The lowest BCUT2D eigenvalue weighted by Gasteiger charge is -2.05. The van der Waals surface area contributed by atoms with Crippen molar-refractivity contribution in [3.8, 4) is 5.82 Å². The first-order valence-electron chi connectivity index (χ1n) is 5.48. The monoisotopic (exact) mass is 308 g/mol. The Morgan fingerprint density at radius 2 is 1.83 bits per heavy atom. The minimum absolute atomic E-state index is 0.351. The van der Waals surface area contributed by atoms with E-state index in [9.17, 15) is 4.39 Å². The van der Waals surface area contributed by atoms with Gasteiger partial charge in [0, 0.05) is 11.4 Å². The molecule has 2 heterocycles. The normalized spacial score (nSPS) is 11.3. The number of hydrogen-bond donors (Lipinski definition) is 0. The van der Waals surface area contributed by atoms with Gasteiger partial charge in [-0.1, -0.05) is 5.16 Å². The highest BCUT2D eigenvalue weighted by atomic mass is 79.9. The van der Waals surface area contributed by atoms with E-state index in [0.717, 1.165) is 11.4 Å². The van der Waals surface area contributed by atoms with Crippen LogP contribution in [-0.2, 0) is 0 Å². The molecule has 0 saturated heterocycles. The van der Waals surface area contributed by atoms with Crippen molar-refractivity contribution in [2.75, 3.05) is 0 Å². The van der Waals surface area contributed by atoms with E-state index in [2.05, 4.69) is 21.1 Å². The van der Waals surface area contributed by atoms with Gasteiger partial charge in [-0.3, -0.25) is 4.57 Å². The topological polar surface area (TPSA) is 31.0 Å². The summed E-state index contributed by atoms with van der Waals surface area (Å²) in [5.74, 6) is 0.139. The van der Waals surface area contributed by atoms with Crippen molar-refractivity contribution >= 4 is 26.9 Å². The third-order valence-corrected chi connectivity index (χ3v) is 3.61. The molecule has 0 unspecified atom stereocenters. The van der Waals surface area contributed by atoms with Crippen LogP contribution in [0.25, 0.3) is 16.8 Å². The molecular formula is C13H10BrFN2O. The summed E-state index contributed by atoms with van der Waals surface area (Å²) in [5.41, 5.74) is 2.42. The number of nitrogens with zero attached hydrogens (tertiary/aromatic N) is 2. The molecule has 1 aromatic carbocycles. The van der Waals surface area contributed by atoms with Gasteiger partial charge >= 0.3 is 0 Å². The Morgan fingerprint density at radius 1 is 1.17 bits per heavy atom. The molecule has 3 aromatic rings. The lowest BCUT2D eigenvalue weighted by atomic mass is 10.2. The van der Waals surface area contributed by atoms with Gasteiger partial charge in [-0.2, -0.15) is 0 Å². The van der Waals surface area contributed by atoms with Crippen molar-refractivity contribution in [1.29, 1.82) is 0 Å².